The van der Waals surface area contributed by atoms with Gasteiger partial charge in [-0.1, -0.05) is 12.1 Å². The first kappa shape index (κ1) is 18.5. The van der Waals surface area contributed by atoms with Crippen LogP contribution < -0.4 is 10.3 Å². The summed E-state index contributed by atoms with van der Waals surface area (Å²) in [6.07, 6.45) is 1.60. The van der Waals surface area contributed by atoms with Gasteiger partial charge in [0.1, 0.15) is 22.2 Å². The molecule has 0 saturated heterocycles. The fourth-order valence-corrected chi connectivity index (χ4v) is 4.08. The Labute approximate surface area is 166 Å². The molecule has 7 heteroatoms. The Morgan fingerprint density at radius 3 is 2.75 bits per heavy atom. The molecule has 1 N–H and O–H groups in total. The van der Waals surface area contributed by atoms with Crippen LogP contribution in [0.3, 0.4) is 0 Å². The van der Waals surface area contributed by atoms with Crippen LogP contribution in [0.1, 0.15) is 24.4 Å². The summed E-state index contributed by atoms with van der Waals surface area (Å²) in [5.41, 5.74) is 1.80. The van der Waals surface area contributed by atoms with Crippen LogP contribution in [-0.2, 0) is 6.54 Å². The first-order valence-electron chi connectivity index (χ1n) is 8.95. The largest absolute Gasteiger partial charge is 0.497 e. The summed E-state index contributed by atoms with van der Waals surface area (Å²) in [7, 11) is 3.67. The summed E-state index contributed by atoms with van der Waals surface area (Å²) in [5.74, 6) is 2.17. The number of hydrogen-bond acceptors (Lipinski definition) is 6. The minimum absolute atomic E-state index is 0.0478. The van der Waals surface area contributed by atoms with Gasteiger partial charge in [0.05, 0.1) is 24.8 Å². The van der Waals surface area contributed by atoms with Gasteiger partial charge in [-0.05, 0) is 43.8 Å². The minimum atomic E-state index is -0.141. The first-order chi connectivity index (χ1) is 13.6. The van der Waals surface area contributed by atoms with E-state index in [0.717, 1.165) is 28.3 Å². The van der Waals surface area contributed by atoms with E-state index in [1.807, 2.05) is 55.7 Å². The number of benzene rings is 1. The van der Waals surface area contributed by atoms with Crippen LogP contribution in [-0.4, -0.2) is 29.0 Å². The number of ether oxygens (including phenoxy) is 1. The van der Waals surface area contributed by atoms with Crippen molar-refractivity contribution in [3.05, 3.63) is 69.8 Å². The Kier molecular flexibility index (Phi) is 5.02. The van der Waals surface area contributed by atoms with Gasteiger partial charge in [0.2, 0.25) is 0 Å². The quantitative estimate of drug-likeness (QED) is 0.522. The van der Waals surface area contributed by atoms with Crippen LogP contribution >= 0.6 is 11.3 Å². The molecule has 6 nitrogen and oxygen atoms in total. The van der Waals surface area contributed by atoms with Crippen LogP contribution in [0.5, 0.6) is 5.75 Å². The number of rotatable bonds is 6. The molecular formula is C21H21N3O3S. The van der Waals surface area contributed by atoms with Crippen molar-refractivity contribution >= 4 is 21.6 Å². The van der Waals surface area contributed by atoms with E-state index in [9.17, 15) is 4.79 Å². The van der Waals surface area contributed by atoms with E-state index in [2.05, 4.69) is 9.88 Å². The molecule has 0 aliphatic carbocycles. The molecule has 144 valence electrons. The molecular weight excluding hydrogens is 374 g/mol. The third-order valence-electron chi connectivity index (χ3n) is 4.90. The van der Waals surface area contributed by atoms with Crippen molar-refractivity contribution in [2.24, 2.45) is 0 Å². The number of aromatic nitrogens is 2. The summed E-state index contributed by atoms with van der Waals surface area (Å²) < 4.78 is 10.7. The third kappa shape index (κ3) is 3.46. The van der Waals surface area contributed by atoms with Gasteiger partial charge in [-0.15, -0.1) is 11.3 Å². The zero-order valence-electron chi connectivity index (χ0n) is 15.9. The smallest absolute Gasteiger partial charge is 0.260 e. The van der Waals surface area contributed by atoms with E-state index in [1.54, 1.807) is 13.4 Å². The highest BCUT2D eigenvalue weighted by Gasteiger charge is 2.19. The van der Waals surface area contributed by atoms with Crippen LogP contribution in [0.4, 0.5) is 0 Å². The topological polar surface area (TPSA) is 71.4 Å². The summed E-state index contributed by atoms with van der Waals surface area (Å²) >= 11 is 1.45. The number of H-pyrrole nitrogens is 1. The molecule has 1 aromatic carbocycles. The van der Waals surface area contributed by atoms with E-state index < -0.39 is 0 Å². The fraction of sp³-hybridized carbons (Fsp3) is 0.238. The van der Waals surface area contributed by atoms with Gasteiger partial charge in [-0.3, -0.25) is 9.69 Å². The average molecular weight is 395 g/mol. The number of thiophene rings is 1. The normalized spacial score (nSPS) is 12.6. The Morgan fingerprint density at radius 2 is 2.07 bits per heavy atom. The lowest BCUT2D eigenvalue weighted by Crippen LogP contribution is -2.25. The van der Waals surface area contributed by atoms with Crippen LogP contribution in [0.25, 0.3) is 21.5 Å². The van der Waals surface area contributed by atoms with E-state index in [-0.39, 0.29) is 11.6 Å². The predicted octanol–water partition coefficient (Wildman–Crippen LogP) is 4.45. The van der Waals surface area contributed by atoms with Crippen LogP contribution in [0, 0.1) is 0 Å². The van der Waals surface area contributed by atoms with Gasteiger partial charge >= 0.3 is 0 Å². The monoisotopic (exact) mass is 395 g/mol. The standard InChI is InChI=1S/C21H21N3O3S/c1-13(24(2)11-14-6-8-15(26-3)9-7-14)19-22-20(25)18-16(12-28-21(18)23-19)17-5-4-10-27-17/h4-10,12-13H,11H2,1-3H3,(H,22,23,25). The molecule has 0 bridgehead atoms. The van der Waals surface area contributed by atoms with Gasteiger partial charge < -0.3 is 14.1 Å². The average Bonchev–Trinajstić information content (AvgIpc) is 3.37. The van der Waals surface area contributed by atoms with Gasteiger partial charge in [-0.25, -0.2) is 4.98 Å². The Bertz CT molecular complexity index is 1130. The molecule has 0 aliphatic rings. The highest BCUT2D eigenvalue weighted by atomic mass is 32.1. The SMILES string of the molecule is COc1ccc(CN(C)C(C)c2nc3scc(-c4ccco4)c3c(=O)[nH]2)cc1. The number of nitrogens with zero attached hydrogens (tertiary/aromatic N) is 2. The van der Waals surface area contributed by atoms with Gasteiger partial charge in [0.15, 0.2) is 0 Å². The molecule has 4 rings (SSSR count). The molecule has 0 saturated carbocycles. The molecule has 1 atom stereocenters. The van der Waals surface area contributed by atoms with Crippen LogP contribution in [0.15, 0.2) is 57.3 Å². The number of furan rings is 1. The second kappa shape index (κ2) is 7.61. The fourth-order valence-electron chi connectivity index (χ4n) is 3.14. The van der Waals surface area contributed by atoms with Crippen molar-refractivity contribution in [1.29, 1.82) is 0 Å². The van der Waals surface area contributed by atoms with E-state index in [1.165, 1.54) is 11.3 Å². The highest BCUT2D eigenvalue weighted by molar-refractivity contribution is 7.17. The number of nitrogens with one attached hydrogen (secondary N) is 1. The second-order valence-corrected chi connectivity index (χ2v) is 7.56. The molecule has 3 heterocycles. The Balaban J connectivity index is 1.60. The summed E-state index contributed by atoms with van der Waals surface area (Å²) in [4.78, 5) is 23.3. The summed E-state index contributed by atoms with van der Waals surface area (Å²) in [6.45, 7) is 2.77. The Morgan fingerprint density at radius 1 is 1.29 bits per heavy atom. The van der Waals surface area contributed by atoms with E-state index >= 15 is 0 Å². The lowest BCUT2D eigenvalue weighted by Gasteiger charge is -2.24. The highest BCUT2D eigenvalue weighted by Crippen LogP contribution is 2.31. The number of methoxy groups -OCH3 is 1. The molecule has 28 heavy (non-hydrogen) atoms. The molecule has 0 fully saturated rings. The van der Waals surface area contributed by atoms with Crippen LogP contribution in [0.2, 0.25) is 0 Å². The second-order valence-electron chi connectivity index (χ2n) is 6.70. The van der Waals surface area contributed by atoms with Gasteiger partial charge in [0.25, 0.3) is 5.56 Å². The number of hydrogen-bond donors (Lipinski definition) is 1. The van der Waals surface area contributed by atoms with Crippen molar-refractivity contribution in [2.45, 2.75) is 19.5 Å². The van der Waals surface area contributed by atoms with Crippen molar-refractivity contribution in [2.75, 3.05) is 14.2 Å². The zero-order chi connectivity index (χ0) is 19.7. The van der Waals surface area contributed by atoms with Crippen molar-refractivity contribution in [3.8, 4) is 17.1 Å². The maximum absolute atomic E-state index is 12.8. The van der Waals surface area contributed by atoms with Crippen molar-refractivity contribution in [1.82, 2.24) is 14.9 Å². The maximum Gasteiger partial charge on any atom is 0.260 e. The van der Waals surface area contributed by atoms with Crippen molar-refractivity contribution in [3.63, 3.8) is 0 Å². The Hall–Kier alpha value is -2.90. The molecule has 0 radical (unpaired) electrons. The van der Waals surface area contributed by atoms with E-state index in [4.69, 9.17) is 14.1 Å². The molecule has 0 amide bonds. The molecule has 4 aromatic rings. The van der Waals surface area contributed by atoms with Gasteiger partial charge in [0, 0.05) is 17.5 Å². The van der Waals surface area contributed by atoms with Crippen molar-refractivity contribution < 1.29 is 9.15 Å². The molecule has 0 aliphatic heterocycles. The maximum atomic E-state index is 12.8. The lowest BCUT2D eigenvalue weighted by atomic mass is 10.1. The third-order valence-corrected chi connectivity index (χ3v) is 5.77. The number of fused-ring (bicyclic) bond motifs is 1. The van der Waals surface area contributed by atoms with E-state index in [0.29, 0.717) is 17.0 Å². The summed E-state index contributed by atoms with van der Waals surface area (Å²) in [5, 5.41) is 2.50. The number of aromatic amines is 1. The minimum Gasteiger partial charge on any atom is -0.497 e. The summed E-state index contributed by atoms with van der Waals surface area (Å²) in [6, 6.07) is 11.6. The predicted molar refractivity (Wildman–Crippen MR) is 111 cm³/mol. The zero-order valence-corrected chi connectivity index (χ0v) is 16.7. The first-order valence-corrected chi connectivity index (χ1v) is 9.83. The lowest BCUT2D eigenvalue weighted by molar-refractivity contribution is 0.244. The molecule has 1 unspecified atom stereocenters. The molecule has 0 spiro atoms. The molecule has 3 aromatic heterocycles. The van der Waals surface area contributed by atoms with Gasteiger partial charge in [-0.2, -0.15) is 0 Å².